The predicted molar refractivity (Wildman–Crippen MR) is 109 cm³/mol. The van der Waals surface area contributed by atoms with E-state index < -0.39 is 0 Å². The number of nitrogens with zero attached hydrogens (tertiary/aromatic N) is 1. The molecule has 4 aliphatic rings. The number of carbonyl (C=O) groups excluding carboxylic acids is 2. The van der Waals surface area contributed by atoms with E-state index in [4.69, 9.17) is 10.5 Å². The SMILES string of the molecule is CCOc1cccc2ccc(C(=O)N[C@H]3C4CC5CC3C[C@](C(N)=O)(C5)C4)nc12. The number of carbonyl (C=O) groups is 2. The Morgan fingerprint density at radius 1 is 1.17 bits per heavy atom. The molecule has 0 radical (unpaired) electrons. The highest BCUT2D eigenvalue weighted by molar-refractivity contribution is 5.96. The number of primary amides is 1. The van der Waals surface area contributed by atoms with Crippen molar-refractivity contribution in [2.45, 2.75) is 45.1 Å². The maximum atomic E-state index is 13.1. The number of para-hydroxylation sites is 1. The van der Waals surface area contributed by atoms with E-state index in [1.165, 1.54) is 0 Å². The van der Waals surface area contributed by atoms with Gasteiger partial charge in [0.2, 0.25) is 5.91 Å². The second-order valence-corrected chi connectivity index (χ2v) is 9.07. The van der Waals surface area contributed by atoms with Crippen molar-refractivity contribution in [3.8, 4) is 5.75 Å². The van der Waals surface area contributed by atoms with E-state index in [1.807, 2.05) is 31.2 Å². The fourth-order valence-corrected chi connectivity index (χ4v) is 6.31. The molecule has 6 rings (SSSR count). The van der Waals surface area contributed by atoms with Crippen molar-refractivity contribution in [2.75, 3.05) is 6.61 Å². The second kappa shape index (κ2) is 6.71. The molecule has 0 aliphatic heterocycles. The van der Waals surface area contributed by atoms with Crippen LogP contribution in [0.2, 0.25) is 0 Å². The van der Waals surface area contributed by atoms with Crippen molar-refractivity contribution in [3.05, 3.63) is 36.0 Å². The van der Waals surface area contributed by atoms with Crippen LogP contribution in [0.5, 0.6) is 5.75 Å². The van der Waals surface area contributed by atoms with Gasteiger partial charge in [-0.15, -0.1) is 0 Å². The van der Waals surface area contributed by atoms with Crippen LogP contribution in [0.4, 0.5) is 0 Å². The highest BCUT2D eigenvalue weighted by Gasteiger charge is 2.58. The first-order valence-corrected chi connectivity index (χ1v) is 10.6. The summed E-state index contributed by atoms with van der Waals surface area (Å²) in [6.07, 6.45) is 4.70. The van der Waals surface area contributed by atoms with Crippen molar-refractivity contribution in [1.29, 1.82) is 0 Å². The normalized spacial score (nSPS) is 32.3. The number of nitrogens with one attached hydrogen (secondary N) is 1. The molecule has 1 aromatic carbocycles. The Bertz CT molecular complexity index is 972. The average molecular weight is 393 g/mol. The van der Waals surface area contributed by atoms with Gasteiger partial charge in [-0.05, 0) is 68.9 Å². The summed E-state index contributed by atoms with van der Waals surface area (Å²) in [6.45, 7) is 2.48. The Hall–Kier alpha value is -2.63. The van der Waals surface area contributed by atoms with Crippen LogP contribution in [0, 0.1) is 23.2 Å². The second-order valence-electron chi connectivity index (χ2n) is 9.07. The van der Waals surface area contributed by atoms with E-state index in [0.717, 1.165) is 37.5 Å². The minimum absolute atomic E-state index is 0.103. The van der Waals surface area contributed by atoms with Crippen LogP contribution in [-0.4, -0.2) is 29.4 Å². The molecule has 152 valence electrons. The first kappa shape index (κ1) is 18.4. The number of benzene rings is 1. The lowest BCUT2D eigenvalue weighted by atomic mass is 9.47. The van der Waals surface area contributed by atoms with Crippen molar-refractivity contribution in [1.82, 2.24) is 10.3 Å². The van der Waals surface area contributed by atoms with Gasteiger partial charge in [-0.2, -0.15) is 0 Å². The van der Waals surface area contributed by atoms with Crippen LogP contribution < -0.4 is 15.8 Å². The number of hydrogen-bond acceptors (Lipinski definition) is 4. The Labute approximate surface area is 170 Å². The van der Waals surface area contributed by atoms with Gasteiger partial charge in [0, 0.05) is 16.8 Å². The van der Waals surface area contributed by atoms with Gasteiger partial charge in [-0.25, -0.2) is 4.98 Å². The van der Waals surface area contributed by atoms with Gasteiger partial charge in [-0.3, -0.25) is 9.59 Å². The fourth-order valence-electron chi connectivity index (χ4n) is 6.31. The third kappa shape index (κ3) is 2.96. The zero-order chi connectivity index (χ0) is 20.2. The van der Waals surface area contributed by atoms with Crippen LogP contribution in [-0.2, 0) is 4.79 Å². The fraction of sp³-hybridized carbons (Fsp3) is 0.522. The summed E-state index contributed by atoms with van der Waals surface area (Å²) in [5.74, 6) is 1.62. The van der Waals surface area contributed by atoms with Gasteiger partial charge >= 0.3 is 0 Å². The first-order valence-electron chi connectivity index (χ1n) is 10.6. The molecular weight excluding hydrogens is 366 g/mol. The molecule has 3 N–H and O–H groups in total. The molecule has 2 aromatic rings. The highest BCUT2D eigenvalue weighted by atomic mass is 16.5. The number of fused-ring (bicyclic) bond motifs is 1. The highest BCUT2D eigenvalue weighted by Crippen LogP contribution is 2.59. The molecule has 0 spiro atoms. The van der Waals surface area contributed by atoms with E-state index in [0.29, 0.717) is 41.3 Å². The Balaban J connectivity index is 1.39. The maximum absolute atomic E-state index is 13.1. The number of nitrogens with two attached hydrogens (primary N) is 1. The smallest absolute Gasteiger partial charge is 0.270 e. The summed E-state index contributed by atoms with van der Waals surface area (Å²) in [7, 11) is 0. The summed E-state index contributed by atoms with van der Waals surface area (Å²) in [5.41, 5.74) is 6.54. The molecular formula is C23H27N3O3. The average Bonchev–Trinajstić information content (AvgIpc) is 2.70. The number of pyridine rings is 1. The molecule has 2 amide bonds. The van der Waals surface area contributed by atoms with E-state index in [1.54, 1.807) is 6.07 Å². The molecule has 4 bridgehead atoms. The number of rotatable bonds is 5. The van der Waals surface area contributed by atoms with Crippen LogP contribution in [0.1, 0.15) is 49.5 Å². The molecule has 4 fully saturated rings. The Morgan fingerprint density at radius 2 is 1.93 bits per heavy atom. The molecule has 0 saturated heterocycles. The molecule has 1 aromatic heterocycles. The molecule has 6 nitrogen and oxygen atoms in total. The largest absolute Gasteiger partial charge is 0.492 e. The minimum atomic E-state index is -0.342. The van der Waals surface area contributed by atoms with Crippen LogP contribution >= 0.6 is 0 Å². The van der Waals surface area contributed by atoms with Gasteiger partial charge in [0.25, 0.3) is 5.91 Å². The van der Waals surface area contributed by atoms with Gasteiger partial charge in [0.05, 0.1) is 6.61 Å². The number of hydrogen-bond donors (Lipinski definition) is 2. The zero-order valence-corrected chi connectivity index (χ0v) is 16.7. The molecule has 2 unspecified atom stereocenters. The van der Waals surface area contributed by atoms with E-state index in [-0.39, 0.29) is 23.3 Å². The van der Waals surface area contributed by atoms with Crippen molar-refractivity contribution in [2.24, 2.45) is 28.9 Å². The molecule has 29 heavy (non-hydrogen) atoms. The third-order valence-electron chi connectivity index (χ3n) is 7.31. The van der Waals surface area contributed by atoms with Crippen molar-refractivity contribution >= 4 is 22.7 Å². The molecule has 6 heteroatoms. The van der Waals surface area contributed by atoms with Crippen molar-refractivity contribution < 1.29 is 14.3 Å². The molecule has 2 atom stereocenters. The lowest BCUT2D eigenvalue weighted by molar-refractivity contribution is -0.145. The topological polar surface area (TPSA) is 94.3 Å². The van der Waals surface area contributed by atoms with E-state index in [2.05, 4.69) is 10.3 Å². The quantitative estimate of drug-likeness (QED) is 0.816. The number of ether oxygens (including phenoxy) is 1. The lowest BCUT2D eigenvalue weighted by Gasteiger charge is -2.58. The zero-order valence-electron chi connectivity index (χ0n) is 16.7. The number of aromatic nitrogens is 1. The first-order chi connectivity index (χ1) is 14.0. The van der Waals surface area contributed by atoms with Gasteiger partial charge in [0.15, 0.2) is 0 Å². The van der Waals surface area contributed by atoms with Gasteiger partial charge < -0.3 is 15.8 Å². The van der Waals surface area contributed by atoms with E-state index in [9.17, 15) is 9.59 Å². The Kier molecular flexibility index (Phi) is 4.26. The third-order valence-corrected chi connectivity index (χ3v) is 7.31. The van der Waals surface area contributed by atoms with Gasteiger partial charge in [-0.1, -0.05) is 18.2 Å². The standard InChI is InChI=1S/C23H27N3O3/c1-2-29-18-5-3-4-14-6-7-17(25-20(14)18)21(27)26-19-15-8-13-9-16(19)12-23(10-13,11-15)22(24)28/h3-7,13,15-16,19H,2,8-12H2,1H3,(H2,24,28)(H,26,27)/t13?,15?,16?,19-,23-. The maximum Gasteiger partial charge on any atom is 0.270 e. The Morgan fingerprint density at radius 3 is 2.62 bits per heavy atom. The minimum Gasteiger partial charge on any atom is -0.492 e. The number of amides is 2. The van der Waals surface area contributed by atoms with Crippen LogP contribution in [0.15, 0.2) is 30.3 Å². The monoisotopic (exact) mass is 393 g/mol. The summed E-state index contributed by atoms with van der Waals surface area (Å²) in [5, 5.41) is 4.21. The molecule has 4 saturated carbocycles. The van der Waals surface area contributed by atoms with E-state index >= 15 is 0 Å². The summed E-state index contributed by atoms with van der Waals surface area (Å²) >= 11 is 0. The summed E-state index contributed by atoms with van der Waals surface area (Å²) in [4.78, 5) is 29.8. The molecule has 1 heterocycles. The predicted octanol–water partition coefficient (Wildman–Crippen LogP) is 3.04. The summed E-state index contributed by atoms with van der Waals surface area (Å²) < 4.78 is 5.68. The van der Waals surface area contributed by atoms with Crippen LogP contribution in [0.3, 0.4) is 0 Å². The van der Waals surface area contributed by atoms with Crippen LogP contribution in [0.25, 0.3) is 10.9 Å². The molecule has 4 aliphatic carbocycles. The van der Waals surface area contributed by atoms with Crippen molar-refractivity contribution in [3.63, 3.8) is 0 Å². The lowest BCUT2D eigenvalue weighted by Crippen LogP contribution is -2.62. The van der Waals surface area contributed by atoms with Gasteiger partial charge in [0.1, 0.15) is 17.0 Å². The summed E-state index contributed by atoms with van der Waals surface area (Å²) in [6, 6.07) is 9.56.